The predicted octanol–water partition coefficient (Wildman–Crippen LogP) is 3.33. The second-order valence-electron chi connectivity index (χ2n) is 5.60. The molecule has 2 aromatic rings. The van der Waals surface area contributed by atoms with E-state index in [4.69, 9.17) is 11.6 Å². The molecule has 1 fully saturated rings. The van der Waals surface area contributed by atoms with E-state index < -0.39 is 41.4 Å². The summed E-state index contributed by atoms with van der Waals surface area (Å²) < 4.78 is 27.9. The number of urea groups is 1. The molecule has 0 unspecified atom stereocenters. The maximum absolute atomic E-state index is 14.1. The van der Waals surface area contributed by atoms with E-state index >= 15 is 0 Å². The van der Waals surface area contributed by atoms with E-state index in [0.29, 0.717) is 9.24 Å². The number of ketones is 1. The van der Waals surface area contributed by atoms with Gasteiger partial charge in [-0.25, -0.2) is 13.6 Å². The van der Waals surface area contributed by atoms with Crippen LogP contribution < -0.4 is 5.32 Å². The molecule has 1 atom stereocenters. The molecule has 130 valence electrons. The number of hydrogen-bond acceptors (Lipinski definition) is 4. The van der Waals surface area contributed by atoms with Gasteiger partial charge in [0.1, 0.15) is 17.2 Å². The minimum Gasteiger partial charge on any atom is -0.319 e. The van der Waals surface area contributed by atoms with Crippen LogP contribution in [0.4, 0.5) is 13.6 Å². The molecule has 1 saturated heterocycles. The molecule has 0 saturated carbocycles. The summed E-state index contributed by atoms with van der Waals surface area (Å²) in [6, 6.07) is 4.78. The van der Waals surface area contributed by atoms with Gasteiger partial charge >= 0.3 is 6.03 Å². The quantitative estimate of drug-likeness (QED) is 0.649. The third kappa shape index (κ3) is 3.03. The Kier molecular flexibility index (Phi) is 4.34. The lowest BCUT2D eigenvalue weighted by molar-refractivity contribution is -0.130. The average molecular weight is 385 g/mol. The zero-order valence-electron chi connectivity index (χ0n) is 12.8. The third-order valence-electron chi connectivity index (χ3n) is 3.89. The molecule has 1 aromatic carbocycles. The van der Waals surface area contributed by atoms with Crippen LogP contribution in [0.1, 0.15) is 22.2 Å². The Balaban J connectivity index is 1.89. The number of rotatable bonds is 4. The molecule has 3 rings (SSSR count). The van der Waals surface area contributed by atoms with Crippen LogP contribution in [0.5, 0.6) is 0 Å². The first-order chi connectivity index (χ1) is 11.7. The van der Waals surface area contributed by atoms with E-state index in [1.54, 1.807) is 0 Å². The molecular formula is C16H11ClF2N2O3S. The van der Waals surface area contributed by atoms with Crippen molar-refractivity contribution in [2.75, 3.05) is 6.54 Å². The Hall–Kier alpha value is -2.32. The Bertz CT molecular complexity index is 901. The van der Waals surface area contributed by atoms with Crippen molar-refractivity contribution in [2.45, 2.75) is 12.5 Å². The van der Waals surface area contributed by atoms with Gasteiger partial charge in [0.15, 0.2) is 5.78 Å². The van der Waals surface area contributed by atoms with E-state index in [1.807, 2.05) is 0 Å². The van der Waals surface area contributed by atoms with Gasteiger partial charge in [-0.2, -0.15) is 0 Å². The standard InChI is InChI=1S/C16H11ClF2N2O3S/c1-16(9-6-8(18)2-3-10(9)19)14(23)21(15(24)20-16)7-11(22)12-4-5-13(17)25-12/h2-6H,7H2,1H3,(H,20,24)/t16-/m1/s1. The number of amides is 3. The Morgan fingerprint density at radius 3 is 2.64 bits per heavy atom. The normalized spacial score (nSPS) is 20.1. The summed E-state index contributed by atoms with van der Waals surface area (Å²) in [5, 5.41) is 2.33. The number of halogens is 3. The topological polar surface area (TPSA) is 66.5 Å². The summed E-state index contributed by atoms with van der Waals surface area (Å²) in [6.45, 7) is 0.742. The zero-order chi connectivity index (χ0) is 18.4. The van der Waals surface area contributed by atoms with Crippen molar-refractivity contribution in [1.82, 2.24) is 10.2 Å². The molecule has 9 heteroatoms. The van der Waals surface area contributed by atoms with Gasteiger partial charge < -0.3 is 5.32 Å². The molecular weight excluding hydrogens is 374 g/mol. The summed E-state index contributed by atoms with van der Waals surface area (Å²) in [7, 11) is 0. The first kappa shape index (κ1) is 17.5. The molecule has 0 aliphatic carbocycles. The first-order valence-electron chi connectivity index (χ1n) is 7.10. The highest BCUT2D eigenvalue weighted by atomic mass is 35.5. The molecule has 1 aliphatic heterocycles. The maximum atomic E-state index is 14.1. The molecule has 3 amide bonds. The Labute approximate surface area is 150 Å². The fraction of sp³-hybridized carbons (Fsp3) is 0.188. The molecule has 5 nitrogen and oxygen atoms in total. The second-order valence-corrected chi connectivity index (χ2v) is 7.31. The van der Waals surface area contributed by atoms with E-state index in [0.717, 1.165) is 29.5 Å². The van der Waals surface area contributed by atoms with Gasteiger partial charge in [0, 0.05) is 5.56 Å². The number of hydrogen-bond donors (Lipinski definition) is 1. The summed E-state index contributed by atoms with van der Waals surface area (Å²) in [5.41, 5.74) is -2.10. The van der Waals surface area contributed by atoms with Crippen LogP contribution in [0.25, 0.3) is 0 Å². The minimum absolute atomic E-state index is 0.288. The highest BCUT2D eigenvalue weighted by molar-refractivity contribution is 7.18. The van der Waals surface area contributed by atoms with Crippen molar-refractivity contribution in [1.29, 1.82) is 0 Å². The predicted molar refractivity (Wildman–Crippen MR) is 87.6 cm³/mol. The van der Waals surface area contributed by atoms with Crippen molar-refractivity contribution >= 4 is 40.7 Å². The molecule has 0 bridgehead atoms. The second kappa shape index (κ2) is 6.20. The summed E-state index contributed by atoms with van der Waals surface area (Å²) in [4.78, 5) is 38.0. The van der Waals surface area contributed by atoms with Crippen LogP contribution >= 0.6 is 22.9 Å². The minimum atomic E-state index is -1.79. The molecule has 1 aliphatic rings. The number of imide groups is 1. The summed E-state index contributed by atoms with van der Waals surface area (Å²) in [6.07, 6.45) is 0. The lowest BCUT2D eigenvalue weighted by atomic mass is 9.91. The molecule has 0 spiro atoms. The SMILES string of the molecule is C[C@]1(c2cc(F)ccc2F)NC(=O)N(CC(=O)c2ccc(Cl)s2)C1=O. The lowest BCUT2D eigenvalue weighted by Crippen LogP contribution is -2.42. The number of Topliss-reactive ketones (excluding diaryl/α,β-unsaturated/α-hetero) is 1. The summed E-state index contributed by atoms with van der Waals surface area (Å²) >= 11 is 6.78. The maximum Gasteiger partial charge on any atom is 0.325 e. The molecule has 2 heterocycles. The largest absolute Gasteiger partial charge is 0.325 e. The van der Waals surface area contributed by atoms with Crippen LogP contribution in [-0.4, -0.2) is 29.2 Å². The van der Waals surface area contributed by atoms with Crippen LogP contribution in [0.3, 0.4) is 0 Å². The van der Waals surface area contributed by atoms with Crippen molar-refractivity contribution in [3.63, 3.8) is 0 Å². The zero-order valence-corrected chi connectivity index (χ0v) is 14.4. The van der Waals surface area contributed by atoms with Gasteiger partial charge in [-0.15, -0.1) is 11.3 Å². The highest BCUT2D eigenvalue weighted by Crippen LogP contribution is 2.31. The van der Waals surface area contributed by atoms with Crippen molar-refractivity contribution in [2.24, 2.45) is 0 Å². The van der Waals surface area contributed by atoms with E-state index in [-0.39, 0.29) is 10.4 Å². The van der Waals surface area contributed by atoms with Gasteiger partial charge in [0.25, 0.3) is 5.91 Å². The molecule has 25 heavy (non-hydrogen) atoms. The van der Waals surface area contributed by atoms with Crippen LogP contribution in [0, 0.1) is 11.6 Å². The monoisotopic (exact) mass is 384 g/mol. The van der Waals surface area contributed by atoms with Crippen molar-refractivity contribution in [3.05, 3.63) is 56.7 Å². The number of nitrogens with zero attached hydrogens (tertiary/aromatic N) is 1. The van der Waals surface area contributed by atoms with Gasteiger partial charge in [0.2, 0.25) is 0 Å². The first-order valence-corrected chi connectivity index (χ1v) is 8.30. The molecule has 1 aromatic heterocycles. The fourth-order valence-corrected chi connectivity index (χ4v) is 3.56. The number of nitrogens with one attached hydrogen (secondary N) is 1. The van der Waals surface area contributed by atoms with Crippen molar-refractivity contribution in [3.8, 4) is 0 Å². The number of benzene rings is 1. The third-order valence-corrected chi connectivity index (χ3v) is 5.16. The van der Waals surface area contributed by atoms with Crippen LogP contribution in [0.15, 0.2) is 30.3 Å². The smallest absolute Gasteiger partial charge is 0.319 e. The van der Waals surface area contributed by atoms with Crippen molar-refractivity contribution < 1.29 is 23.2 Å². The van der Waals surface area contributed by atoms with Gasteiger partial charge in [-0.3, -0.25) is 14.5 Å². The molecule has 0 radical (unpaired) electrons. The van der Waals surface area contributed by atoms with Crippen LogP contribution in [-0.2, 0) is 10.3 Å². The van der Waals surface area contributed by atoms with E-state index in [2.05, 4.69) is 5.32 Å². The fourth-order valence-electron chi connectivity index (χ4n) is 2.59. The van der Waals surface area contributed by atoms with Crippen LogP contribution in [0.2, 0.25) is 4.34 Å². The Morgan fingerprint density at radius 1 is 1.28 bits per heavy atom. The van der Waals surface area contributed by atoms with E-state index in [1.165, 1.54) is 19.1 Å². The lowest BCUT2D eigenvalue weighted by Gasteiger charge is -2.22. The number of carbonyl (C=O) groups is 3. The Morgan fingerprint density at radius 2 is 2.00 bits per heavy atom. The van der Waals surface area contributed by atoms with Gasteiger partial charge in [-0.05, 0) is 37.3 Å². The van der Waals surface area contributed by atoms with Gasteiger partial charge in [0.05, 0.1) is 15.8 Å². The van der Waals surface area contributed by atoms with Gasteiger partial charge in [-0.1, -0.05) is 11.6 Å². The summed E-state index contributed by atoms with van der Waals surface area (Å²) in [5.74, 6) is -2.90. The average Bonchev–Trinajstić information content (AvgIpc) is 3.07. The number of carbonyl (C=O) groups excluding carboxylic acids is 3. The van der Waals surface area contributed by atoms with E-state index in [9.17, 15) is 23.2 Å². The highest BCUT2D eigenvalue weighted by Gasteiger charge is 2.50. The molecule has 1 N–H and O–H groups in total. The number of thiophene rings is 1.